The first kappa shape index (κ1) is 18.4. The Bertz CT molecular complexity index is 980. The summed E-state index contributed by atoms with van der Waals surface area (Å²) in [4.78, 5) is 24.6. The van der Waals surface area contributed by atoms with Crippen molar-refractivity contribution in [3.63, 3.8) is 0 Å². The van der Waals surface area contributed by atoms with Crippen LogP contribution in [0.2, 0.25) is 0 Å². The number of hydrogen-bond donors (Lipinski definition) is 1. The topological polar surface area (TPSA) is 89.8 Å². The van der Waals surface area contributed by atoms with Crippen LogP contribution in [0.25, 0.3) is 5.69 Å². The molecule has 7 heteroatoms. The highest BCUT2D eigenvalue weighted by molar-refractivity contribution is 6.01. The molecule has 0 aliphatic carbocycles. The third kappa shape index (κ3) is 4.44. The molecule has 0 aliphatic rings. The summed E-state index contributed by atoms with van der Waals surface area (Å²) < 4.78 is 1.56. The number of aromatic nitrogens is 4. The van der Waals surface area contributed by atoms with Crippen molar-refractivity contribution >= 4 is 17.4 Å². The first-order valence-corrected chi connectivity index (χ1v) is 8.68. The van der Waals surface area contributed by atoms with Crippen LogP contribution in [0.5, 0.6) is 0 Å². The van der Waals surface area contributed by atoms with Crippen molar-refractivity contribution in [3.05, 3.63) is 65.0 Å². The Morgan fingerprint density at radius 3 is 2.52 bits per heavy atom. The predicted octanol–water partition coefficient (Wildman–Crippen LogP) is 3.19. The fourth-order valence-corrected chi connectivity index (χ4v) is 2.88. The van der Waals surface area contributed by atoms with Crippen molar-refractivity contribution in [2.75, 3.05) is 5.32 Å². The molecule has 0 radical (unpaired) electrons. The molecule has 7 nitrogen and oxygen atoms in total. The van der Waals surface area contributed by atoms with Gasteiger partial charge in [0, 0.05) is 24.1 Å². The summed E-state index contributed by atoms with van der Waals surface area (Å²) in [5.41, 5.74) is 5.08. The predicted molar refractivity (Wildman–Crippen MR) is 102 cm³/mol. The number of nitrogens with zero attached hydrogens (tertiary/aromatic N) is 4. The van der Waals surface area contributed by atoms with Crippen molar-refractivity contribution in [2.45, 2.75) is 33.6 Å². The Morgan fingerprint density at radius 2 is 1.81 bits per heavy atom. The summed E-state index contributed by atoms with van der Waals surface area (Å²) in [6.07, 6.45) is 1.83. The van der Waals surface area contributed by atoms with Gasteiger partial charge in [0.15, 0.2) is 5.78 Å². The van der Waals surface area contributed by atoms with Crippen molar-refractivity contribution in [1.29, 1.82) is 0 Å². The van der Waals surface area contributed by atoms with Gasteiger partial charge in [0.2, 0.25) is 5.91 Å². The number of tetrazole rings is 1. The van der Waals surface area contributed by atoms with Crippen LogP contribution in [0, 0.1) is 20.8 Å². The van der Waals surface area contributed by atoms with E-state index >= 15 is 0 Å². The zero-order valence-electron chi connectivity index (χ0n) is 15.6. The highest BCUT2D eigenvalue weighted by Crippen LogP contribution is 2.19. The Balaban J connectivity index is 1.60. The van der Waals surface area contributed by atoms with Gasteiger partial charge in [-0.25, -0.2) is 4.68 Å². The lowest BCUT2D eigenvalue weighted by atomic mass is 9.99. The van der Waals surface area contributed by atoms with E-state index in [9.17, 15) is 9.59 Å². The lowest BCUT2D eigenvalue weighted by Gasteiger charge is -2.10. The Morgan fingerprint density at radius 1 is 1.00 bits per heavy atom. The lowest BCUT2D eigenvalue weighted by molar-refractivity contribution is -0.116. The maximum Gasteiger partial charge on any atom is 0.224 e. The molecule has 0 fully saturated rings. The molecule has 0 atom stereocenters. The number of amides is 1. The number of carbonyl (C=O) groups is 2. The van der Waals surface area contributed by atoms with E-state index in [1.165, 1.54) is 6.33 Å². The minimum Gasteiger partial charge on any atom is -0.326 e. The molecule has 1 aromatic heterocycles. The molecule has 3 rings (SSSR count). The highest BCUT2D eigenvalue weighted by atomic mass is 16.2. The Labute approximate surface area is 157 Å². The number of aryl methyl sites for hydroxylation is 3. The molecule has 1 amide bonds. The molecule has 0 unspecified atom stereocenters. The third-order valence-electron chi connectivity index (χ3n) is 4.35. The summed E-state index contributed by atoms with van der Waals surface area (Å²) in [5, 5.41) is 13.9. The van der Waals surface area contributed by atoms with Crippen LogP contribution in [0.15, 0.2) is 42.7 Å². The highest BCUT2D eigenvalue weighted by Gasteiger charge is 2.12. The lowest BCUT2D eigenvalue weighted by Crippen LogP contribution is -2.14. The van der Waals surface area contributed by atoms with Crippen molar-refractivity contribution in [3.8, 4) is 5.69 Å². The van der Waals surface area contributed by atoms with Gasteiger partial charge in [0.25, 0.3) is 0 Å². The van der Waals surface area contributed by atoms with Crippen LogP contribution in [-0.4, -0.2) is 31.9 Å². The first-order chi connectivity index (χ1) is 12.9. The smallest absolute Gasteiger partial charge is 0.224 e. The summed E-state index contributed by atoms with van der Waals surface area (Å²) in [7, 11) is 0. The molecule has 0 bridgehead atoms. The van der Waals surface area contributed by atoms with Crippen LogP contribution < -0.4 is 5.32 Å². The number of hydrogen-bond acceptors (Lipinski definition) is 5. The van der Waals surface area contributed by atoms with Crippen LogP contribution in [0.4, 0.5) is 5.69 Å². The van der Waals surface area contributed by atoms with Crippen LogP contribution in [0.3, 0.4) is 0 Å². The molecule has 0 spiro atoms. The van der Waals surface area contributed by atoms with Gasteiger partial charge in [-0.1, -0.05) is 17.7 Å². The third-order valence-corrected chi connectivity index (χ3v) is 4.35. The van der Waals surface area contributed by atoms with E-state index in [-0.39, 0.29) is 24.5 Å². The molecular weight excluding hydrogens is 342 g/mol. The normalized spacial score (nSPS) is 10.6. The summed E-state index contributed by atoms with van der Waals surface area (Å²) in [6, 6.07) is 11.2. The SMILES string of the molecule is Cc1ccc(C)c(C(=O)CCC(=O)Nc2ccc(-n3cnnn3)c(C)c2)c1. The maximum absolute atomic E-state index is 12.4. The number of anilines is 1. The zero-order chi connectivity index (χ0) is 19.4. The fourth-order valence-electron chi connectivity index (χ4n) is 2.88. The molecule has 0 saturated heterocycles. The van der Waals surface area contributed by atoms with E-state index in [2.05, 4.69) is 20.8 Å². The van der Waals surface area contributed by atoms with Crippen molar-refractivity contribution in [1.82, 2.24) is 20.2 Å². The molecule has 27 heavy (non-hydrogen) atoms. The van der Waals surface area contributed by atoms with E-state index in [0.29, 0.717) is 11.3 Å². The largest absolute Gasteiger partial charge is 0.326 e. The Kier molecular flexibility index (Phi) is 5.40. The summed E-state index contributed by atoms with van der Waals surface area (Å²) in [5.74, 6) is -0.209. The standard InChI is InChI=1S/C20H21N5O2/c1-13-4-5-14(2)17(10-13)19(26)8-9-20(27)22-16-6-7-18(15(3)11-16)25-12-21-23-24-25/h4-7,10-12H,8-9H2,1-3H3,(H,22,27). The molecule has 3 aromatic rings. The molecule has 1 heterocycles. The van der Waals surface area contributed by atoms with Gasteiger partial charge >= 0.3 is 0 Å². The number of carbonyl (C=O) groups excluding carboxylic acids is 2. The number of Topliss-reactive ketones (excluding diaryl/α,β-unsaturated/α-hetero) is 1. The Hall–Kier alpha value is -3.35. The number of rotatable bonds is 6. The quantitative estimate of drug-likeness (QED) is 0.679. The molecule has 138 valence electrons. The van der Waals surface area contributed by atoms with E-state index in [1.807, 2.05) is 51.1 Å². The summed E-state index contributed by atoms with van der Waals surface area (Å²) in [6.45, 7) is 5.77. The van der Waals surface area contributed by atoms with Crippen LogP contribution >= 0.6 is 0 Å². The van der Waals surface area contributed by atoms with Crippen molar-refractivity contribution in [2.24, 2.45) is 0 Å². The maximum atomic E-state index is 12.4. The minimum absolute atomic E-state index is 0.0171. The van der Waals surface area contributed by atoms with Gasteiger partial charge in [-0.05, 0) is 66.6 Å². The van der Waals surface area contributed by atoms with Gasteiger partial charge in [0.05, 0.1) is 5.69 Å². The van der Waals surface area contributed by atoms with Gasteiger partial charge in [-0.2, -0.15) is 0 Å². The minimum atomic E-state index is -0.191. The average Bonchev–Trinajstić information content (AvgIpc) is 3.16. The number of nitrogens with one attached hydrogen (secondary N) is 1. The van der Waals surface area contributed by atoms with Gasteiger partial charge in [-0.3, -0.25) is 9.59 Å². The summed E-state index contributed by atoms with van der Waals surface area (Å²) >= 11 is 0. The second kappa shape index (κ2) is 7.90. The van der Waals surface area contributed by atoms with Gasteiger partial charge < -0.3 is 5.32 Å². The number of benzene rings is 2. The average molecular weight is 363 g/mol. The number of ketones is 1. The van der Waals surface area contributed by atoms with Gasteiger partial charge in [0.1, 0.15) is 6.33 Å². The first-order valence-electron chi connectivity index (χ1n) is 8.68. The molecule has 1 N–H and O–H groups in total. The molecule has 0 saturated carbocycles. The van der Waals surface area contributed by atoms with Gasteiger partial charge in [-0.15, -0.1) is 5.10 Å². The van der Waals surface area contributed by atoms with E-state index in [0.717, 1.165) is 22.4 Å². The second-order valence-corrected chi connectivity index (χ2v) is 6.55. The van der Waals surface area contributed by atoms with Crippen LogP contribution in [0.1, 0.15) is 39.9 Å². The van der Waals surface area contributed by atoms with E-state index in [1.54, 1.807) is 10.7 Å². The fraction of sp³-hybridized carbons (Fsp3) is 0.250. The molecule has 0 aliphatic heterocycles. The van der Waals surface area contributed by atoms with Crippen LogP contribution in [-0.2, 0) is 4.79 Å². The van der Waals surface area contributed by atoms with E-state index < -0.39 is 0 Å². The van der Waals surface area contributed by atoms with Crippen molar-refractivity contribution < 1.29 is 9.59 Å². The second-order valence-electron chi connectivity index (χ2n) is 6.55. The molecular formula is C20H21N5O2. The molecule has 2 aromatic carbocycles. The zero-order valence-corrected chi connectivity index (χ0v) is 15.6. The van der Waals surface area contributed by atoms with E-state index in [4.69, 9.17) is 0 Å². The monoisotopic (exact) mass is 363 g/mol.